The van der Waals surface area contributed by atoms with Gasteiger partial charge in [0.05, 0.1) is 5.69 Å². The van der Waals surface area contributed by atoms with E-state index in [9.17, 15) is 40.3 Å². The number of aryl methyl sites for hydroxylation is 1. The van der Waals surface area contributed by atoms with Crippen LogP contribution in [0.3, 0.4) is 0 Å². The molecule has 13 heteroatoms. The Morgan fingerprint density at radius 3 is 2.22 bits per heavy atom. The first-order valence-corrected chi connectivity index (χ1v) is 9.11. The molecule has 1 amide bonds. The fraction of sp³-hybridized carbons (Fsp3) is 0.421. The van der Waals surface area contributed by atoms with Crippen molar-refractivity contribution in [1.82, 2.24) is 15.1 Å². The Hall–Kier alpha value is -2.96. The second-order valence-corrected chi connectivity index (χ2v) is 6.98. The van der Waals surface area contributed by atoms with Gasteiger partial charge in [-0.3, -0.25) is 14.3 Å². The molecular formula is C19H19F7N4O2. The summed E-state index contributed by atoms with van der Waals surface area (Å²) < 4.78 is 93.5. The van der Waals surface area contributed by atoms with Crippen LogP contribution in [0.15, 0.2) is 24.3 Å². The van der Waals surface area contributed by atoms with Gasteiger partial charge >= 0.3 is 12.4 Å². The molecular weight excluding hydrogens is 449 g/mol. The van der Waals surface area contributed by atoms with Gasteiger partial charge in [0.2, 0.25) is 5.91 Å². The Bertz CT molecular complexity index is 999. The molecule has 0 unspecified atom stereocenters. The van der Waals surface area contributed by atoms with Gasteiger partial charge in [0.25, 0.3) is 0 Å². The molecule has 0 saturated carbocycles. The van der Waals surface area contributed by atoms with Crippen LogP contribution in [0.25, 0.3) is 0 Å². The average molecular weight is 468 g/mol. The number of nitrogens with one attached hydrogen (secondary N) is 2. The molecule has 176 valence electrons. The number of anilines is 1. The number of amides is 1. The monoisotopic (exact) mass is 468 g/mol. The summed E-state index contributed by atoms with van der Waals surface area (Å²) in [5.74, 6) is -6.59. The van der Waals surface area contributed by atoms with E-state index < -0.39 is 58.6 Å². The summed E-state index contributed by atoms with van der Waals surface area (Å²) in [6.07, 6.45) is -9.94. The molecule has 0 saturated heterocycles. The van der Waals surface area contributed by atoms with Gasteiger partial charge < -0.3 is 10.6 Å². The van der Waals surface area contributed by atoms with E-state index in [2.05, 4.69) is 10.4 Å². The van der Waals surface area contributed by atoms with E-state index in [0.717, 1.165) is 23.7 Å². The maximum atomic E-state index is 13.8. The fourth-order valence-electron chi connectivity index (χ4n) is 3.36. The number of likely N-dealkylation sites (N-methyl/N-ethyl adjacent to an activating group) is 1. The smallest absolute Gasteiger partial charge is 0.325 e. The molecule has 2 aromatic rings. The number of rotatable bonds is 7. The van der Waals surface area contributed by atoms with Crippen LogP contribution in [0, 0.1) is 11.7 Å². The van der Waals surface area contributed by atoms with Gasteiger partial charge in [-0.15, -0.1) is 0 Å². The summed E-state index contributed by atoms with van der Waals surface area (Å²) in [7, 11) is 2.59. The number of hydrogen-bond acceptors (Lipinski definition) is 4. The third-order valence-electron chi connectivity index (χ3n) is 4.69. The Kier molecular flexibility index (Phi) is 7.33. The second-order valence-electron chi connectivity index (χ2n) is 6.98. The van der Waals surface area contributed by atoms with Crippen LogP contribution in [0.2, 0.25) is 0 Å². The summed E-state index contributed by atoms with van der Waals surface area (Å²) in [4.78, 5) is 25.1. The Morgan fingerprint density at radius 2 is 1.75 bits per heavy atom. The largest absolute Gasteiger partial charge is 0.435 e. The summed E-state index contributed by atoms with van der Waals surface area (Å²) in [6.45, 7) is 0.800. The summed E-state index contributed by atoms with van der Waals surface area (Å²) in [5.41, 5.74) is -4.06. The molecule has 0 bridgehead atoms. The highest BCUT2D eigenvalue weighted by Gasteiger charge is 2.41. The van der Waals surface area contributed by atoms with E-state index in [1.807, 2.05) is 5.32 Å². The molecule has 2 atom stereocenters. The van der Waals surface area contributed by atoms with Crippen molar-refractivity contribution >= 4 is 17.4 Å². The lowest BCUT2D eigenvalue weighted by Crippen LogP contribution is -2.38. The summed E-state index contributed by atoms with van der Waals surface area (Å²) >= 11 is 0. The van der Waals surface area contributed by atoms with Gasteiger partial charge in [-0.25, -0.2) is 4.39 Å². The minimum absolute atomic E-state index is 0.141. The summed E-state index contributed by atoms with van der Waals surface area (Å²) in [6, 6.07) is 2.96. The van der Waals surface area contributed by atoms with Gasteiger partial charge in [-0.05, 0) is 32.2 Å². The molecule has 0 aliphatic carbocycles. The van der Waals surface area contributed by atoms with Crippen LogP contribution < -0.4 is 10.6 Å². The Balaban J connectivity index is 2.51. The zero-order valence-electron chi connectivity index (χ0n) is 17.0. The molecule has 2 rings (SSSR count). The van der Waals surface area contributed by atoms with Crippen molar-refractivity contribution < 1.29 is 40.3 Å². The number of nitrogens with zero attached hydrogens (tertiary/aromatic N) is 2. The van der Waals surface area contributed by atoms with Crippen LogP contribution in [0.4, 0.5) is 36.4 Å². The summed E-state index contributed by atoms with van der Waals surface area (Å²) in [5, 5.41) is 7.90. The molecule has 0 radical (unpaired) electrons. The minimum Gasteiger partial charge on any atom is -0.325 e. The highest BCUT2D eigenvalue weighted by Crippen LogP contribution is 2.38. The molecule has 0 spiro atoms. The molecule has 0 aliphatic rings. The number of carbonyl (C=O) groups is 2. The predicted molar refractivity (Wildman–Crippen MR) is 99.1 cm³/mol. The molecule has 32 heavy (non-hydrogen) atoms. The van der Waals surface area contributed by atoms with Crippen LogP contribution in [0.1, 0.15) is 29.8 Å². The quantitative estimate of drug-likeness (QED) is 0.480. The van der Waals surface area contributed by atoms with Crippen molar-refractivity contribution in [1.29, 1.82) is 0 Å². The fourth-order valence-corrected chi connectivity index (χ4v) is 3.36. The lowest BCUT2D eigenvalue weighted by atomic mass is 9.85. The van der Waals surface area contributed by atoms with Crippen molar-refractivity contribution in [2.24, 2.45) is 13.0 Å². The Morgan fingerprint density at radius 1 is 1.12 bits per heavy atom. The second kappa shape index (κ2) is 9.27. The zero-order valence-corrected chi connectivity index (χ0v) is 17.0. The molecule has 1 aromatic carbocycles. The number of Topliss-reactive ketones (excluding diaryl/α,β-unsaturated/α-hetero) is 1. The van der Waals surface area contributed by atoms with Gasteiger partial charge in [0.15, 0.2) is 5.69 Å². The van der Waals surface area contributed by atoms with E-state index in [4.69, 9.17) is 0 Å². The van der Waals surface area contributed by atoms with Crippen molar-refractivity contribution in [3.8, 4) is 0 Å². The first-order chi connectivity index (χ1) is 14.7. The minimum atomic E-state index is -5.15. The molecule has 0 aliphatic heterocycles. The first kappa shape index (κ1) is 25.3. The number of alkyl halides is 6. The van der Waals surface area contributed by atoms with Gasteiger partial charge in [0.1, 0.15) is 23.1 Å². The highest BCUT2D eigenvalue weighted by molar-refractivity contribution is 6.07. The van der Waals surface area contributed by atoms with Crippen LogP contribution >= 0.6 is 0 Å². The van der Waals surface area contributed by atoms with Gasteiger partial charge in [-0.2, -0.15) is 31.4 Å². The molecule has 0 fully saturated rings. The van der Waals surface area contributed by atoms with E-state index in [-0.39, 0.29) is 12.2 Å². The highest BCUT2D eigenvalue weighted by atomic mass is 19.4. The number of carbonyl (C=O) groups excluding carboxylic acids is 2. The van der Waals surface area contributed by atoms with Gasteiger partial charge in [0, 0.05) is 25.2 Å². The number of ketones is 1. The van der Waals surface area contributed by atoms with Crippen LogP contribution in [-0.4, -0.2) is 35.1 Å². The molecule has 6 nitrogen and oxygen atoms in total. The maximum absolute atomic E-state index is 13.8. The maximum Gasteiger partial charge on any atom is 0.435 e. The van der Waals surface area contributed by atoms with Crippen molar-refractivity contribution in [3.05, 3.63) is 47.0 Å². The third-order valence-corrected chi connectivity index (χ3v) is 4.69. The number of aromatic nitrogens is 2. The lowest BCUT2D eigenvalue weighted by molar-refractivity contribution is -0.141. The van der Waals surface area contributed by atoms with E-state index in [1.165, 1.54) is 14.1 Å². The van der Waals surface area contributed by atoms with Crippen molar-refractivity contribution in [2.45, 2.75) is 25.2 Å². The average Bonchev–Trinajstić information content (AvgIpc) is 3.01. The van der Waals surface area contributed by atoms with Crippen LogP contribution in [-0.2, 0) is 29.0 Å². The van der Waals surface area contributed by atoms with Gasteiger partial charge in [-0.1, -0.05) is 6.07 Å². The normalized spacial score (nSPS) is 14.2. The number of benzene rings is 1. The standard InChI is InChI=1S/C19H19F7N4O2/c1-9(31)15(10(8-27-2)13-7-14(18(21,22)23)29-30(13)3)17(32)28-12-6-4-5-11(20)16(12)19(24,25)26/h4-7,10,15,27H,8H2,1-3H3,(H,28,32)/t10-,15+/m1/s1. The lowest BCUT2D eigenvalue weighted by Gasteiger charge is -2.25. The van der Waals surface area contributed by atoms with Crippen molar-refractivity contribution in [3.63, 3.8) is 0 Å². The van der Waals surface area contributed by atoms with E-state index in [1.54, 1.807) is 0 Å². The zero-order chi connectivity index (χ0) is 24.4. The number of halogens is 7. The topological polar surface area (TPSA) is 76.0 Å². The third kappa shape index (κ3) is 5.44. The van der Waals surface area contributed by atoms with E-state index in [0.29, 0.717) is 12.1 Å². The van der Waals surface area contributed by atoms with E-state index >= 15 is 0 Å². The first-order valence-electron chi connectivity index (χ1n) is 9.11. The van der Waals surface area contributed by atoms with Crippen LogP contribution in [0.5, 0.6) is 0 Å². The molecule has 1 aromatic heterocycles. The SMILES string of the molecule is CNC[C@H](c1cc(C(F)(F)F)nn1C)[C@H](C(C)=O)C(=O)Nc1cccc(F)c1C(F)(F)F. The molecule has 2 N–H and O–H groups in total. The number of hydrogen-bond donors (Lipinski definition) is 2. The Labute approximate surface area is 177 Å². The predicted octanol–water partition coefficient (Wildman–Crippen LogP) is 3.74. The molecule has 1 heterocycles. The van der Waals surface area contributed by atoms with Crippen molar-refractivity contribution in [2.75, 3.05) is 18.9 Å².